The second-order valence-electron chi connectivity index (χ2n) is 4.16. The summed E-state index contributed by atoms with van der Waals surface area (Å²) in [4.78, 5) is 24.1. The van der Waals surface area contributed by atoms with Crippen LogP contribution in [-0.2, 0) is 4.79 Å². The van der Waals surface area contributed by atoms with E-state index in [0.717, 1.165) is 0 Å². The monoisotopic (exact) mass is 270 g/mol. The van der Waals surface area contributed by atoms with Gasteiger partial charge in [0.25, 0.3) is 5.91 Å². The van der Waals surface area contributed by atoms with Gasteiger partial charge in [0, 0.05) is 11.6 Å². The molecule has 1 rings (SSSR count). The quantitative estimate of drug-likeness (QED) is 0.818. The zero-order valence-electron chi connectivity index (χ0n) is 10.2. The highest BCUT2D eigenvalue weighted by molar-refractivity contribution is 6.33. The lowest BCUT2D eigenvalue weighted by atomic mass is 10.1. The first-order valence-electron chi connectivity index (χ1n) is 5.40. The lowest BCUT2D eigenvalue weighted by Crippen LogP contribution is -2.40. The molecule has 0 aliphatic heterocycles. The second-order valence-corrected chi connectivity index (χ2v) is 4.56. The van der Waals surface area contributed by atoms with E-state index in [0.29, 0.717) is 11.3 Å². The number of halogens is 1. The first kappa shape index (κ1) is 14.3. The van der Waals surface area contributed by atoms with Gasteiger partial charge < -0.3 is 15.7 Å². The molecule has 6 heteroatoms. The number of aliphatic carboxylic acids is 1. The standard InChI is InChI=1S/C12H15ClN2O3/c1-7(2)15(6-11(16)17)12(18)8-3-4-10(14)9(13)5-8/h3-5,7H,6,14H2,1-2H3,(H,16,17). The van der Waals surface area contributed by atoms with Crippen LogP contribution in [0.5, 0.6) is 0 Å². The van der Waals surface area contributed by atoms with Gasteiger partial charge in [0.05, 0.1) is 10.7 Å². The van der Waals surface area contributed by atoms with E-state index in [9.17, 15) is 9.59 Å². The minimum absolute atomic E-state index is 0.218. The molecule has 0 aliphatic carbocycles. The van der Waals surface area contributed by atoms with Crippen LogP contribution in [0.2, 0.25) is 5.02 Å². The van der Waals surface area contributed by atoms with E-state index >= 15 is 0 Å². The predicted octanol–water partition coefficient (Wildman–Crippen LogP) is 1.86. The molecule has 1 amide bonds. The fourth-order valence-corrected chi connectivity index (χ4v) is 1.64. The molecule has 0 fully saturated rings. The lowest BCUT2D eigenvalue weighted by molar-refractivity contribution is -0.138. The molecule has 0 heterocycles. The Labute approximate surface area is 110 Å². The summed E-state index contributed by atoms with van der Waals surface area (Å²) in [5, 5.41) is 9.06. The molecule has 0 aliphatic rings. The number of nitrogens with two attached hydrogens (primary N) is 1. The molecule has 0 spiro atoms. The molecule has 0 saturated heterocycles. The van der Waals surface area contributed by atoms with E-state index in [1.165, 1.54) is 23.1 Å². The van der Waals surface area contributed by atoms with Crippen molar-refractivity contribution in [2.75, 3.05) is 12.3 Å². The Balaban J connectivity index is 3.02. The van der Waals surface area contributed by atoms with Crippen molar-refractivity contribution in [3.63, 3.8) is 0 Å². The fourth-order valence-electron chi connectivity index (χ4n) is 1.46. The summed E-state index contributed by atoms with van der Waals surface area (Å²) >= 11 is 5.84. The molecule has 0 atom stereocenters. The van der Waals surface area contributed by atoms with Crippen molar-refractivity contribution < 1.29 is 14.7 Å². The van der Waals surface area contributed by atoms with Crippen molar-refractivity contribution in [3.05, 3.63) is 28.8 Å². The maximum Gasteiger partial charge on any atom is 0.323 e. The molecule has 0 saturated carbocycles. The third-order valence-electron chi connectivity index (χ3n) is 2.44. The molecular formula is C12H15ClN2O3. The summed E-state index contributed by atoms with van der Waals surface area (Å²) in [5.74, 6) is -1.44. The van der Waals surface area contributed by atoms with Gasteiger partial charge in [-0.3, -0.25) is 9.59 Å². The zero-order chi connectivity index (χ0) is 13.9. The molecule has 0 radical (unpaired) electrons. The molecular weight excluding hydrogens is 256 g/mol. The van der Waals surface area contributed by atoms with Crippen molar-refractivity contribution in [2.45, 2.75) is 19.9 Å². The molecule has 0 unspecified atom stereocenters. The third-order valence-corrected chi connectivity index (χ3v) is 2.76. The van der Waals surface area contributed by atoms with Gasteiger partial charge in [0.1, 0.15) is 6.54 Å². The van der Waals surface area contributed by atoms with Gasteiger partial charge in [0.15, 0.2) is 0 Å². The maximum atomic E-state index is 12.1. The van der Waals surface area contributed by atoms with Gasteiger partial charge in [-0.1, -0.05) is 11.6 Å². The van der Waals surface area contributed by atoms with Crippen LogP contribution in [-0.4, -0.2) is 34.5 Å². The highest BCUT2D eigenvalue weighted by Gasteiger charge is 2.21. The van der Waals surface area contributed by atoms with Gasteiger partial charge in [-0.15, -0.1) is 0 Å². The average molecular weight is 271 g/mol. The molecule has 3 N–H and O–H groups in total. The van der Waals surface area contributed by atoms with E-state index in [2.05, 4.69) is 0 Å². The Hall–Kier alpha value is -1.75. The number of carbonyl (C=O) groups is 2. The van der Waals surface area contributed by atoms with Crippen LogP contribution in [0.3, 0.4) is 0 Å². The van der Waals surface area contributed by atoms with Crippen LogP contribution in [0.1, 0.15) is 24.2 Å². The van der Waals surface area contributed by atoms with E-state index < -0.39 is 5.97 Å². The average Bonchev–Trinajstić information content (AvgIpc) is 2.28. The second kappa shape index (κ2) is 5.73. The summed E-state index contributed by atoms with van der Waals surface area (Å²) in [7, 11) is 0. The van der Waals surface area contributed by atoms with Crippen LogP contribution in [0.25, 0.3) is 0 Å². The first-order valence-corrected chi connectivity index (χ1v) is 5.78. The van der Waals surface area contributed by atoms with Gasteiger partial charge in [-0.05, 0) is 32.0 Å². The summed E-state index contributed by atoms with van der Waals surface area (Å²) in [6.45, 7) is 3.15. The lowest BCUT2D eigenvalue weighted by Gasteiger charge is -2.25. The molecule has 5 nitrogen and oxygen atoms in total. The van der Waals surface area contributed by atoms with E-state index in [-0.39, 0.29) is 23.5 Å². The summed E-state index contributed by atoms with van der Waals surface area (Å²) in [5.41, 5.74) is 6.26. The van der Waals surface area contributed by atoms with Crippen molar-refractivity contribution in [3.8, 4) is 0 Å². The SMILES string of the molecule is CC(C)N(CC(=O)O)C(=O)c1ccc(N)c(Cl)c1. The van der Waals surface area contributed by atoms with Crippen LogP contribution >= 0.6 is 11.6 Å². The van der Waals surface area contributed by atoms with Gasteiger partial charge in [-0.2, -0.15) is 0 Å². The Morgan fingerprint density at radius 3 is 2.50 bits per heavy atom. The van der Waals surface area contributed by atoms with E-state index in [1.54, 1.807) is 13.8 Å². The Bertz CT molecular complexity index is 474. The highest BCUT2D eigenvalue weighted by atomic mass is 35.5. The van der Waals surface area contributed by atoms with Crippen molar-refractivity contribution in [1.29, 1.82) is 0 Å². The number of carboxylic acids is 1. The number of hydrogen-bond donors (Lipinski definition) is 2. The van der Waals surface area contributed by atoms with Crippen molar-refractivity contribution in [2.24, 2.45) is 0 Å². The Morgan fingerprint density at radius 2 is 2.06 bits per heavy atom. The molecule has 18 heavy (non-hydrogen) atoms. The number of hydrogen-bond acceptors (Lipinski definition) is 3. The van der Waals surface area contributed by atoms with E-state index in [1.807, 2.05) is 0 Å². The third kappa shape index (κ3) is 3.37. The van der Waals surface area contributed by atoms with Gasteiger partial charge >= 0.3 is 5.97 Å². The topological polar surface area (TPSA) is 83.6 Å². The summed E-state index contributed by atoms with van der Waals surface area (Å²) in [6, 6.07) is 4.27. The van der Waals surface area contributed by atoms with Gasteiger partial charge in [-0.25, -0.2) is 0 Å². The number of carbonyl (C=O) groups excluding carboxylic acids is 1. The van der Waals surface area contributed by atoms with E-state index in [4.69, 9.17) is 22.4 Å². The van der Waals surface area contributed by atoms with Crippen molar-refractivity contribution >= 4 is 29.2 Å². The molecule has 0 bridgehead atoms. The predicted molar refractivity (Wildman–Crippen MR) is 69.7 cm³/mol. The minimum Gasteiger partial charge on any atom is -0.480 e. The fraction of sp³-hybridized carbons (Fsp3) is 0.333. The highest BCUT2D eigenvalue weighted by Crippen LogP contribution is 2.21. The molecule has 98 valence electrons. The molecule has 1 aromatic rings. The number of amides is 1. The number of carboxylic acid groups (broad SMARTS) is 1. The van der Waals surface area contributed by atoms with Crippen LogP contribution in [0.15, 0.2) is 18.2 Å². The smallest absolute Gasteiger partial charge is 0.323 e. The number of nitrogens with zero attached hydrogens (tertiary/aromatic N) is 1. The minimum atomic E-state index is -1.06. The maximum absolute atomic E-state index is 12.1. The zero-order valence-corrected chi connectivity index (χ0v) is 10.9. The number of nitrogen functional groups attached to an aromatic ring is 1. The summed E-state index contributed by atoms with van der Waals surface area (Å²) in [6.07, 6.45) is 0. The van der Waals surface area contributed by atoms with Crippen molar-refractivity contribution in [1.82, 2.24) is 4.90 Å². The number of rotatable bonds is 4. The number of anilines is 1. The Kier molecular flexibility index (Phi) is 4.55. The molecule has 0 aromatic heterocycles. The molecule has 1 aromatic carbocycles. The summed E-state index contributed by atoms with van der Waals surface area (Å²) < 4.78 is 0. The normalized spacial score (nSPS) is 10.4. The Morgan fingerprint density at radius 1 is 1.44 bits per heavy atom. The first-order chi connectivity index (χ1) is 8.32. The van der Waals surface area contributed by atoms with Crippen LogP contribution in [0.4, 0.5) is 5.69 Å². The van der Waals surface area contributed by atoms with Gasteiger partial charge in [0.2, 0.25) is 0 Å². The van der Waals surface area contributed by atoms with Crippen LogP contribution < -0.4 is 5.73 Å². The number of benzene rings is 1. The van der Waals surface area contributed by atoms with Crippen LogP contribution in [0, 0.1) is 0 Å². The largest absolute Gasteiger partial charge is 0.480 e.